The zero-order valence-corrected chi connectivity index (χ0v) is 18.0. The number of rotatable bonds is 5. The first kappa shape index (κ1) is 20.1. The van der Waals surface area contributed by atoms with Crippen molar-refractivity contribution in [3.8, 4) is 0 Å². The van der Waals surface area contributed by atoms with Crippen molar-refractivity contribution in [3.05, 3.63) is 51.1 Å². The van der Waals surface area contributed by atoms with Crippen molar-refractivity contribution in [2.24, 2.45) is 0 Å². The van der Waals surface area contributed by atoms with Crippen molar-refractivity contribution in [1.82, 2.24) is 4.72 Å². The van der Waals surface area contributed by atoms with E-state index in [1.807, 2.05) is 29.5 Å². The Balaban J connectivity index is 2.68. The Kier molecular flexibility index (Phi) is 5.81. The molecule has 6 nitrogen and oxygen atoms in total. The lowest BCUT2D eigenvalue weighted by Crippen LogP contribution is -2.30. The Bertz CT molecular complexity index is 1020. The molecular weight excluding hydrogens is 475 g/mol. The number of sulfonamides is 2. The van der Waals surface area contributed by atoms with Gasteiger partial charge in [0.05, 0.1) is 5.69 Å². The van der Waals surface area contributed by atoms with Gasteiger partial charge in [0.15, 0.2) is 0 Å². The van der Waals surface area contributed by atoms with Crippen LogP contribution < -0.4 is 9.03 Å². The number of hydrogen-bond donors (Lipinski definition) is 1. The van der Waals surface area contributed by atoms with E-state index in [2.05, 4.69) is 4.72 Å². The van der Waals surface area contributed by atoms with Crippen LogP contribution in [-0.2, 0) is 20.0 Å². The second-order valence-electron chi connectivity index (χ2n) is 5.59. The summed E-state index contributed by atoms with van der Waals surface area (Å²) in [7, 11) is -5.08. The zero-order valence-electron chi connectivity index (χ0n) is 14.2. The predicted molar refractivity (Wildman–Crippen MR) is 107 cm³/mol. The first-order chi connectivity index (χ1) is 11.5. The van der Waals surface area contributed by atoms with Crippen LogP contribution >= 0.6 is 22.6 Å². The molecule has 0 amide bonds. The second kappa shape index (κ2) is 7.22. The van der Waals surface area contributed by atoms with Gasteiger partial charge in [-0.1, -0.05) is 12.1 Å². The highest BCUT2D eigenvalue weighted by Gasteiger charge is 2.28. The molecule has 0 aliphatic heterocycles. The van der Waals surface area contributed by atoms with Crippen LogP contribution in [0.25, 0.3) is 0 Å². The third-order valence-corrected chi connectivity index (χ3v) is 8.29. The van der Waals surface area contributed by atoms with Crippen molar-refractivity contribution in [3.63, 3.8) is 0 Å². The van der Waals surface area contributed by atoms with Gasteiger partial charge in [0.25, 0.3) is 10.0 Å². The molecule has 0 unspecified atom stereocenters. The van der Waals surface area contributed by atoms with Gasteiger partial charge in [-0.25, -0.2) is 21.6 Å². The summed E-state index contributed by atoms with van der Waals surface area (Å²) in [5.74, 6) is 0. The monoisotopic (exact) mass is 494 g/mol. The maximum absolute atomic E-state index is 13.0. The van der Waals surface area contributed by atoms with Gasteiger partial charge < -0.3 is 0 Å². The largest absolute Gasteiger partial charge is 0.268 e. The molecule has 9 heteroatoms. The molecule has 0 heterocycles. The lowest BCUT2D eigenvalue weighted by Gasteiger charge is -2.23. The lowest BCUT2D eigenvalue weighted by atomic mass is 10.2. The van der Waals surface area contributed by atoms with Gasteiger partial charge in [-0.2, -0.15) is 0 Å². The van der Waals surface area contributed by atoms with Gasteiger partial charge in [-0.05, 0) is 78.9 Å². The molecule has 25 heavy (non-hydrogen) atoms. The number of aryl methyl sites for hydroxylation is 2. The maximum Gasteiger partial charge on any atom is 0.265 e. The van der Waals surface area contributed by atoms with Crippen molar-refractivity contribution in [1.29, 1.82) is 0 Å². The van der Waals surface area contributed by atoms with Crippen molar-refractivity contribution in [2.45, 2.75) is 23.6 Å². The summed E-state index contributed by atoms with van der Waals surface area (Å²) in [6.07, 6.45) is 0. The minimum absolute atomic E-state index is 0.0891. The molecule has 0 aliphatic carbocycles. The average molecular weight is 494 g/mol. The normalized spacial score (nSPS) is 12.2. The Morgan fingerprint density at radius 1 is 0.920 bits per heavy atom. The van der Waals surface area contributed by atoms with E-state index in [1.54, 1.807) is 31.2 Å². The molecule has 0 fully saturated rings. The fourth-order valence-electron chi connectivity index (χ4n) is 2.30. The standard InChI is InChI=1S/C16H19IN2O4S2/c1-11-5-7-15(13(17)9-11)25(22,23)19(4)14-10-12(2)6-8-16(14)24(20,21)18-3/h5-10,18H,1-4H3. The van der Waals surface area contributed by atoms with Crippen LogP contribution in [-0.4, -0.2) is 30.9 Å². The molecule has 0 radical (unpaired) electrons. The highest BCUT2D eigenvalue weighted by atomic mass is 127. The molecule has 136 valence electrons. The number of nitrogens with zero attached hydrogens (tertiary/aromatic N) is 1. The summed E-state index contributed by atoms with van der Waals surface area (Å²) >= 11 is 1.97. The molecule has 0 saturated carbocycles. The number of halogens is 1. The van der Waals surface area contributed by atoms with Gasteiger partial charge in [0.1, 0.15) is 9.79 Å². The van der Waals surface area contributed by atoms with Gasteiger partial charge in [0, 0.05) is 10.6 Å². The van der Waals surface area contributed by atoms with E-state index in [-0.39, 0.29) is 15.5 Å². The molecule has 0 atom stereocenters. The van der Waals surface area contributed by atoms with Crippen LogP contribution in [0.4, 0.5) is 5.69 Å². The number of anilines is 1. The summed E-state index contributed by atoms with van der Waals surface area (Å²) < 4.78 is 54.5. The summed E-state index contributed by atoms with van der Waals surface area (Å²) in [4.78, 5) is 0.0457. The van der Waals surface area contributed by atoms with E-state index in [0.29, 0.717) is 3.57 Å². The third kappa shape index (κ3) is 3.99. The summed E-state index contributed by atoms with van der Waals surface area (Å²) in [6, 6.07) is 9.59. The molecule has 0 spiro atoms. The van der Waals surface area contributed by atoms with Gasteiger partial charge >= 0.3 is 0 Å². The Hall–Kier alpha value is -1.17. The lowest BCUT2D eigenvalue weighted by molar-refractivity contribution is 0.588. The fraction of sp³-hybridized carbons (Fsp3) is 0.250. The first-order valence-electron chi connectivity index (χ1n) is 7.30. The fourth-order valence-corrected chi connectivity index (χ4v) is 6.06. The minimum atomic E-state index is -3.91. The summed E-state index contributed by atoms with van der Waals surface area (Å²) in [5.41, 5.74) is 1.80. The molecule has 0 aliphatic rings. The molecule has 1 N–H and O–H groups in total. The molecule has 0 aromatic heterocycles. The van der Waals surface area contributed by atoms with Gasteiger partial charge in [-0.15, -0.1) is 0 Å². The van der Waals surface area contributed by atoms with Gasteiger partial charge in [-0.3, -0.25) is 4.31 Å². The topological polar surface area (TPSA) is 83.6 Å². The Morgan fingerprint density at radius 2 is 1.44 bits per heavy atom. The number of hydrogen-bond acceptors (Lipinski definition) is 4. The van der Waals surface area contributed by atoms with Crippen LogP contribution in [0.3, 0.4) is 0 Å². The van der Waals surface area contributed by atoms with Crippen molar-refractivity contribution >= 4 is 48.3 Å². The van der Waals surface area contributed by atoms with Gasteiger partial charge in [0.2, 0.25) is 10.0 Å². The first-order valence-corrected chi connectivity index (χ1v) is 11.3. The van der Waals surface area contributed by atoms with Crippen LogP contribution in [0.2, 0.25) is 0 Å². The van der Waals surface area contributed by atoms with E-state index in [1.165, 1.54) is 26.2 Å². The van der Waals surface area contributed by atoms with Crippen LogP contribution in [0.15, 0.2) is 46.2 Å². The smallest absolute Gasteiger partial charge is 0.265 e. The van der Waals surface area contributed by atoms with Crippen molar-refractivity contribution < 1.29 is 16.8 Å². The zero-order chi connectivity index (χ0) is 19.0. The SMILES string of the molecule is CNS(=O)(=O)c1ccc(C)cc1N(C)S(=O)(=O)c1ccc(C)cc1I. The predicted octanol–water partition coefficient (Wildman–Crippen LogP) is 2.64. The number of nitrogens with one attached hydrogen (secondary N) is 1. The molecule has 0 saturated heterocycles. The van der Waals surface area contributed by atoms with Crippen LogP contribution in [0.1, 0.15) is 11.1 Å². The van der Waals surface area contributed by atoms with Crippen LogP contribution in [0.5, 0.6) is 0 Å². The maximum atomic E-state index is 13.0. The molecular formula is C16H19IN2O4S2. The minimum Gasteiger partial charge on any atom is -0.268 e. The van der Waals surface area contributed by atoms with E-state index in [9.17, 15) is 16.8 Å². The van der Waals surface area contributed by atoms with Crippen LogP contribution in [0, 0.1) is 17.4 Å². The average Bonchev–Trinajstić information content (AvgIpc) is 2.53. The molecule has 2 rings (SSSR count). The second-order valence-corrected chi connectivity index (χ2v) is 10.5. The molecule has 2 aromatic rings. The van der Waals surface area contributed by atoms with E-state index in [0.717, 1.165) is 15.4 Å². The van der Waals surface area contributed by atoms with E-state index < -0.39 is 20.0 Å². The van der Waals surface area contributed by atoms with E-state index >= 15 is 0 Å². The summed E-state index contributed by atoms with van der Waals surface area (Å²) in [5, 5.41) is 0. The van der Waals surface area contributed by atoms with Crippen molar-refractivity contribution in [2.75, 3.05) is 18.4 Å². The Labute approximate surface area is 162 Å². The third-order valence-electron chi connectivity index (χ3n) is 3.74. The molecule has 0 bridgehead atoms. The number of benzene rings is 2. The van der Waals surface area contributed by atoms with E-state index in [4.69, 9.17) is 0 Å². The highest BCUT2D eigenvalue weighted by Crippen LogP contribution is 2.31. The highest BCUT2D eigenvalue weighted by molar-refractivity contribution is 14.1. The molecule has 2 aromatic carbocycles. The Morgan fingerprint density at radius 3 is 1.96 bits per heavy atom. The quantitative estimate of drug-likeness (QED) is 0.648. The summed E-state index contributed by atoms with van der Waals surface area (Å²) in [6.45, 7) is 3.65.